The zero-order valence-corrected chi connectivity index (χ0v) is 12.7. The molecule has 2 amide bonds. The van der Waals surface area contributed by atoms with Gasteiger partial charge in [-0.2, -0.15) is 0 Å². The minimum absolute atomic E-state index is 0.0441. The number of carboxylic acids is 1. The summed E-state index contributed by atoms with van der Waals surface area (Å²) in [6, 6.07) is -0.376. The van der Waals surface area contributed by atoms with Crippen LogP contribution in [-0.4, -0.2) is 52.1 Å². The van der Waals surface area contributed by atoms with Gasteiger partial charge in [-0.1, -0.05) is 20.8 Å². The van der Waals surface area contributed by atoms with E-state index < -0.39 is 12.0 Å². The van der Waals surface area contributed by atoms with E-state index in [9.17, 15) is 14.7 Å². The Hall–Kier alpha value is -1.26. The Morgan fingerprint density at radius 2 is 1.95 bits per heavy atom. The Kier molecular flexibility index (Phi) is 4.55. The van der Waals surface area contributed by atoms with Crippen molar-refractivity contribution in [3.05, 3.63) is 0 Å². The summed E-state index contributed by atoms with van der Waals surface area (Å²) in [7, 11) is 0. The Morgan fingerprint density at radius 3 is 2.45 bits per heavy atom. The van der Waals surface area contributed by atoms with Gasteiger partial charge in [0.1, 0.15) is 6.04 Å². The summed E-state index contributed by atoms with van der Waals surface area (Å²) in [6.45, 7) is 7.53. The van der Waals surface area contributed by atoms with E-state index in [0.717, 1.165) is 32.2 Å². The molecule has 0 bridgehead atoms. The van der Waals surface area contributed by atoms with E-state index in [1.54, 1.807) is 4.90 Å². The maximum Gasteiger partial charge on any atom is 0.326 e. The molecule has 1 N–H and O–H groups in total. The van der Waals surface area contributed by atoms with Crippen molar-refractivity contribution in [2.75, 3.05) is 13.1 Å². The molecule has 20 heavy (non-hydrogen) atoms. The lowest BCUT2D eigenvalue weighted by atomic mass is 10.0. The summed E-state index contributed by atoms with van der Waals surface area (Å²) in [5.74, 6) is -0.276. The van der Waals surface area contributed by atoms with E-state index in [1.807, 2.05) is 11.8 Å². The molecule has 114 valence electrons. The van der Waals surface area contributed by atoms with E-state index in [1.165, 1.54) is 0 Å². The molecule has 2 atom stereocenters. The van der Waals surface area contributed by atoms with E-state index in [4.69, 9.17) is 0 Å². The van der Waals surface area contributed by atoms with Crippen molar-refractivity contribution in [3.63, 3.8) is 0 Å². The fourth-order valence-electron chi connectivity index (χ4n) is 2.92. The van der Waals surface area contributed by atoms with E-state index in [0.29, 0.717) is 18.5 Å². The quantitative estimate of drug-likeness (QED) is 0.842. The summed E-state index contributed by atoms with van der Waals surface area (Å²) < 4.78 is 0. The number of urea groups is 1. The topological polar surface area (TPSA) is 60.9 Å². The molecule has 1 aliphatic heterocycles. The van der Waals surface area contributed by atoms with E-state index in [-0.39, 0.29) is 11.9 Å². The first-order valence-corrected chi connectivity index (χ1v) is 7.71. The molecule has 1 heterocycles. The van der Waals surface area contributed by atoms with Crippen LogP contribution < -0.4 is 0 Å². The zero-order valence-electron chi connectivity index (χ0n) is 12.7. The second-order valence-electron chi connectivity index (χ2n) is 6.63. The lowest BCUT2D eigenvalue weighted by molar-refractivity contribution is -0.142. The van der Waals surface area contributed by atoms with E-state index in [2.05, 4.69) is 13.8 Å². The van der Waals surface area contributed by atoms with Crippen LogP contribution in [0.5, 0.6) is 0 Å². The van der Waals surface area contributed by atoms with Crippen LogP contribution in [0.2, 0.25) is 0 Å². The fourth-order valence-corrected chi connectivity index (χ4v) is 2.92. The molecule has 1 aliphatic carbocycles. The Balaban J connectivity index is 2.05. The van der Waals surface area contributed by atoms with Crippen molar-refractivity contribution >= 4 is 12.0 Å². The van der Waals surface area contributed by atoms with Gasteiger partial charge in [-0.05, 0) is 37.5 Å². The molecule has 2 rings (SSSR count). The van der Waals surface area contributed by atoms with Crippen LogP contribution in [-0.2, 0) is 4.79 Å². The minimum Gasteiger partial charge on any atom is -0.480 e. The highest BCUT2D eigenvalue weighted by atomic mass is 16.4. The molecule has 1 saturated heterocycles. The van der Waals surface area contributed by atoms with Gasteiger partial charge in [0.15, 0.2) is 0 Å². The van der Waals surface area contributed by atoms with Gasteiger partial charge in [0.2, 0.25) is 0 Å². The predicted octanol–water partition coefficient (Wildman–Crippen LogP) is 2.41. The average Bonchev–Trinajstić information content (AvgIpc) is 3.11. The maximum atomic E-state index is 12.7. The molecule has 5 nitrogen and oxygen atoms in total. The molecule has 0 radical (unpaired) electrons. The fraction of sp³-hybridized carbons (Fsp3) is 0.867. The Morgan fingerprint density at radius 1 is 1.30 bits per heavy atom. The summed E-state index contributed by atoms with van der Waals surface area (Å²) in [5, 5.41) is 9.34. The third kappa shape index (κ3) is 3.25. The number of nitrogens with zero attached hydrogens (tertiary/aromatic N) is 2. The van der Waals surface area contributed by atoms with Crippen LogP contribution >= 0.6 is 0 Å². The smallest absolute Gasteiger partial charge is 0.326 e. The number of carbonyl (C=O) groups is 2. The average molecular weight is 282 g/mol. The highest BCUT2D eigenvalue weighted by Crippen LogP contribution is 2.31. The largest absolute Gasteiger partial charge is 0.480 e. The third-order valence-corrected chi connectivity index (χ3v) is 4.38. The van der Waals surface area contributed by atoms with Crippen molar-refractivity contribution in [1.29, 1.82) is 0 Å². The van der Waals surface area contributed by atoms with Crippen molar-refractivity contribution in [1.82, 2.24) is 9.80 Å². The van der Waals surface area contributed by atoms with Crippen LogP contribution in [0.4, 0.5) is 4.79 Å². The number of hydrogen-bond acceptors (Lipinski definition) is 2. The number of aliphatic carboxylic acids is 1. The molecule has 0 aromatic rings. The van der Waals surface area contributed by atoms with Gasteiger partial charge in [0.05, 0.1) is 0 Å². The van der Waals surface area contributed by atoms with Crippen LogP contribution in [0, 0.1) is 11.8 Å². The first kappa shape index (κ1) is 15.1. The van der Waals surface area contributed by atoms with Gasteiger partial charge >= 0.3 is 12.0 Å². The summed E-state index contributed by atoms with van der Waals surface area (Å²) >= 11 is 0. The van der Waals surface area contributed by atoms with Crippen LogP contribution in [0.25, 0.3) is 0 Å². The maximum absolute atomic E-state index is 12.7. The normalized spacial score (nSPS) is 26.1. The molecule has 2 unspecified atom stereocenters. The number of rotatable bonds is 5. The third-order valence-electron chi connectivity index (χ3n) is 4.38. The molecule has 2 fully saturated rings. The molecular formula is C15H26N2O3. The summed E-state index contributed by atoms with van der Waals surface area (Å²) in [4.78, 5) is 27.6. The van der Waals surface area contributed by atoms with Gasteiger partial charge in [-0.25, -0.2) is 9.59 Å². The van der Waals surface area contributed by atoms with Crippen LogP contribution in [0.1, 0.15) is 46.5 Å². The molecule has 1 saturated carbocycles. The van der Waals surface area contributed by atoms with Gasteiger partial charge in [0, 0.05) is 19.1 Å². The standard InChI is InChI=1S/C15H26N2O3/c1-10(2)6-8-16(12-4-5-12)15(20)17-9-7-11(3)13(17)14(18)19/h10-13H,4-9H2,1-3H3,(H,18,19). The zero-order chi connectivity index (χ0) is 14.9. The number of amides is 2. The van der Waals surface area contributed by atoms with Crippen molar-refractivity contribution in [2.45, 2.75) is 58.5 Å². The SMILES string of the molecule is CC(C)CCN(C(=O)N1CCC(C)C1C(=O)O)C1CC1. The molecule has 0 spiro atoms. The number of hydrogen-bond donors (Lipinski definition) is 1. The van der Waals surface area contributed by atoms with Gasteiger partial charge in [0.25, 0.3) is 0 Å². The highest BCUT2D eigenvalue weighted by Gasteiger charge is 2.43. The first-order valence-electron chi connectivity index (χ1n) is 7.71. The predicted molar refractivity (Wildman–Crippen MR) is 76.5 cm³/mol. The molecule has 0 aromatic carbocycles. The molecule has 0 aromatic heterocycles. The first-order chi connectivity index (χ1) is 9.41. The van der Waals surface area contributed by atoms with Gasteiger partial charge < -0.3 is 14.9 Å². The van der Waals surface area contributed by atoms with Crippen molar-refractivity contribution in [3.8, 4) is 0 Å². The van der Waals surface area contributed by atoms with Crippen LogP contribution in [0.15, 0.2) is 0 Å². The lowest BCUT2D eigenvalue weighted by Crippen LogP contribution is -2.50. The molecule has 5 heteroatoms. The second-order valence-corrected chi connectivity index (χ2v) is 6.63. The summed E-state index contributed by atoms with van der Waals surface area (Å²) in [5.41, 5.74) is 0. The summed E-state index contributed by atoms with van der Waals surface area (Å²) in [6.07, 6.45) is 3.88. The Labute approximate surface area is 120 Å². The highest BCUT2D eigenvalue weighted by molar-refractivity contribution is 5.84. The minimum atomic E-state index is -0.872. The van der Waals surface area contributed by atoms with Crippen molar-refractivity contribution in [2.24, 2.45) is 11.8 Å². The number of carboxylic acid groups (broad SMARTS) is 1. The number of likely N-dealkylation sites (tertiary alicyclic amines) is 1. The number of carbonyl (C=O) groups excluding carboxylic acids is 1. The second kappa shape index (κ2) is 6.02. The van der Waals surface area contributed by atoms with Gasteiger partial charge in [-0.3, -0.25) is 0 Å². The van der Waals surface area contributed by atoms with Crippen molar-refractivity contribution < 1.29 is 14.7 Å². The molecular weight excluding hydrogens is 256 g/mol. The lowest BCUT2D eigenvalue weighted by Gasteiger charge is -2.31. The van der Waals surface area contributed by atoms with Gasteiger partial charge in [-0.15, -0.1) is 0 Å². The monoisotopic (exact) mass is 282 g/mol. The Bertz CT molecular complexity index is 379. The van der Waals surface area contributed by atoms with E-state index >= 15 is 0 Å². The van der Waals surface area contributed by atoms with Crippen LogP contribution in [0.3, 0.4) is 0 Å². The molecule has 2 aliphatic rings.